The van der Waals surface area contributed by atoms with Crippen LogP contribution in [0.5, 0.6) is 0 Å². The van der Waals surface area contributed by atoms with Gasteiger partial charge in [0.05, 0.1) is 6.54 Å². The van der Waals surface area contributed by atoms with Gasteiger partial charge in [-0.05, 0) is 42.3 Å². The summed E-state index contributed by atoms with van der Waals surface area (Å²) in [6.45, 7) is 2.94. The number of halogens is 2. The van der Waals surface area contributed by atoms with Crippen LogP contribution in [-0.2, 0) is 6.42 Å². The van der Waals surface area contributed by atoms with E-state index in [0.29, 0.717) is 0 Å². The normalized spacial score (nSPS) is 10.9. The van der Waals surface area contributed by atoms with Crippen molar-refractivity contribution in [3.05, 3.63) is 69.7 Å². The zero-order valence-electron chi connectivity index (χ0n) is 12.3. The van der Waals surface area contributed by atoms with Crippen LogP contribution in [0.15, 0.2) is 48.5 Å². The molecule has 0 aliphatic carbocycles. The molecular weight excluding hydrogens is 315 g/mol. The van der Waals surface area contributed by atoms with Crippen LogP contribution >= 0.6 is 23.2 Å². The molecule has 3 aromatic rings. The summed E-state index contributed by atoms with van der Waals surface area (Å²) in [6, 6.07) is 16.0. The lowest BCUT2D eigenvalue weighted by molar-refractivity contribution is -0.327. The third-order valence-corrected chi connectivity index (χ3v) is 4.12. The Kier molecular flexibility index (Phi) is 4.51. The molecule has 0 radical (unpaired) electrons. The Morgan fingerprint density at radius 1 is 1.00 bits per heavy atom. The summed E-state index contributed by atoms with van der Waals surface area (Å²) in [6.07, 6.45) is 0.918. The first-order chi connectivity index (χ1) is 10.6. The van der Waals surface area contributed by atoms with E-state index < -0.39 is 0 Å². The Labute approximate surface area is 140 Å². The molecule has 0 bridgehead atoms. The maximum atomic E-state index is 6.07. The number of pyridine rings is 1. The Morgan fingerprint density at radius 2 is 1.82 bits per heavy atom. The van der Waals surface area contributed by atoms with Crippen molar-refractivity contribution in [1.29, 1.82) is 0 Å². The third kappa shape index (κ3) is 3.52. The van der Waals surface area contributed by atoms with E-state index in [-0.39, 0.29) is 0 Å². The standard InChI is InChI=1S/C18H16Cl2N2/c1-12-9-18(22-17-11-15(20)5-6-16(12)17)21-8-7-13-3-2-4-14(19)10-13/h2-6,9-11H,7-8H2,1H3,(H,21,22)/p+1. The van der Waals surface area contributed by atoms with Crippen LogP contribution in [-0.4, -0.2) is 6.54 Å². The summed E-state index contributed by atoms with van der Waals surface area (Å²) in [5.41, 5.74) is 3.48. The summed E-state index contributed by atoms with van der Waals surface area (Å²) in [4.78, 5) is 3.38. The number of aromatic amines is 1. The van der Waals surface area contributed by atoms with Crippen molar-refractivity contribution in [3.8, 4) is 0 Å². The molecule has 0 amide bonds. The summed E-state index contributed by atoms with van der Waals surface area (Å²) in [5.74, 6) is 0.995. The Bertz CT molecular complexity index is 815. The van der Waals surface area contributed by atoms with Gasteiger partial charge >= 0.3 is 0 Å². The minimum atomic E-state index is 0.735. The molecule has 2 N–H and O–H groups in total. The first-order valence-corrected chi connectivity index (χ1v) is 7.98. The number of hydrogen-bond acceptors (Lipinski definition) is 1. The number of aryl methyl sites for hydroxylation is 1. The molecule has 2 aromatic carbocycles. The van der Waals surface area contributed by atoms with Crippen molar-refractivity contribution in [3.63, 3.8) is 0 Å². The fourth-order valence-electron chi connectivity index (χ4n) is 2.57. The number of H-pyrrole nitrogens is 1. The van der Waals surface area contributed by atoms with Crippen LogP contribution in [0.25, 0.3) is 10.9 Å². The molecule has 0 unspecified atom stereocenters. The van der Waals surface area contributed by atoms with Crippen molar-refractivity contribution in [2.24, 2.45) is 0 Å². The first-order valence-electron chi connectivity index (χ1n) is 7.22. The Morgan fingerprint density at radius 3 is 2.64 bits per heavy atom. The second-order valence-electron chi connectivity index (χ2n) is 5.36. The van der Waals surface area contributed by atoms with Crippen molar-refractivity contribution in [2.45, 2.75) is 13.3 Å². The molecule has 1 aromatic heterocycles. The third-order valence-electron chi connectivity index (χ3n) is 3.65. The van der Waals surface area contributed by atoms with E-state index in [1.165, 1.54) is 16.5 Å². The largest absolute Gasteiger partial charge is 0.274 e. The van der Waals surface area contributed by atoms with Gasteiger partial charge in [-0.25, -0.2) is 4.98 Å². The zero-order chi connectivity index (χ0) is 15.5. The molecule has 0 saturated heterocycles. The number of nitrogens with one attached hydrogen (secondary N) is 2. The molecule has 0 atom stereocenters. The van der Waals surface area contributed by atoms with E-state index in [2.05, 4.69) is 29.4 Å². The average Bonchev–Trinajstić information content (AvgIpc) is 2.47. The minimum absolute atomic E-state index is 0.735. The zero-order valence-corrected chi connectivity index (χ0v) is 13.8. The highest BCUT2D eigenvalue weighted by atomic mass is 35.5. The van der Waals surface area contributed by atoms with Crippen LogP contribution in [0.4, 0.5) is 5.82 Å². The maximum Gasteiger partial charge on any atom is 0.272 e. The number of fused-ring (bicyclic) bond motifs is 1. The quantitative estimate of drug-likeness (QED) is 0.721. The highest BCUT2D eigenvalue weighted by molar-refractivity contribution is 6.31. The van der Waals surface area contributed by atoms with E-state index in [0.717, 1.165) is 34.3 Å². The van der Waals surface area contributed by atoms with Crippen LogP contribution in [0, 0.1) is 6.92 Å². The summed E-state index contributed by atoms with van der Waals surface area (Å²) >= 11 is 12.1. The molecule has 0 saturated carbocycles. The fourth-order valence-corrected chi connectivity index (χ4v) is 2.95. The highest BCUT2D eigenvalue weighted by Crippen LogP contribution is 2.20. The Hall–Kier alpha value is -1.77. The van der Waals surface area contributed by atoms with Crippen molar-refractivity contribution < 1.29 is 4.98 Å². The Balaban J connectivity index is 1.74. The highest BCUT2D eigenvalue weighted by Gasteiger charge is 2.08. The lowest BCUT2D eigenvalue weighted by Crippen LogP contribution is -2.16. The van der Waals surface area contributed by atoms with Crippen LogP contribution in [0.2, 0.25) is 10.0 Å². The molecule has 1 heterocycles. The van der Waals surface area contributed by atoms with E-state index in [1.807, 2.05) is 36.4 Å². The number of rotatable bonds is 4. The molecule has 22 heavy (non-hydrogen) atoms. The maximum absolute atomic E-state index is 6.07. The lowest BCUT2D eigenvalue weighted by atomic mass is 10.1. The average molecular weight is 332 g/mol. The van der Waals surface area contributed by atoms with Gasteiger partial charge in [-0.15, -0.1) is 0 Å². The van der Waals surface area contributed by atoms with Gasteiger partial charge in [-0.2, -0.15) is 0 Å². The van der Waals surface area contributed by atoms with E-state index >= 15 is 0 Å². The fraction of sp³-hybridized carbons (Fsp3) is 0.167. The molecule has 0 fully saturated rings. The molecule has 4 heteroatoms. The van der Waals surface area contributed by atoms with Gasteiger partial charge in [0.1, 0.15) is 5.52 Å². The van der Waals surface area contributed by atoms with Gasteiger partial charge in [0.2, 0.25) is 0 Å². The van der Waals surface area contributed by atoms with E-state index in [4.69, 9.17) is 23.2 Å². The van der Waals surface area contributed by atoms with E-state index in [9.17, 15) is 0 Å². The topological polar surface area (TPSA) is 26.2 Å². The van der Waals surface area contributed by atoms with Crippen molar-refractivity contribution >= 4 is 39.9 Å². The van der Waals surface area contributed by atoms with Gasteiger partial charge in [0.15, 0.2) is 0 Å². The minimum Gasteiger partial charge on any atom is -0.274 e. The smallest absolute Gasteiger partial charge is 0.272 e. The molecular formula is C18H17Cl2N2+. The second kappa shape index (κ2) is 6.55. The number of aromatic nitrogens is 1. The molecule has 3 rings (SSSR count). The van der Waals surface area contributed by atoms with Gasteiger partial charge in [0, 0.05) is 34.0 Å². The molecule has 0 spiro atoms. The van der Waals surface area contributed by atoms with Gasteiger partial charge in [-0.3, -0.25) is 5.32 Å². The first kappa shape index (κ1) is 15.1. The monoisotopic (exact) mass is 331 g/mol. The molecule has 112 valence electrons. The molecule has 0 aliphatic rings. The number of anilines is 1. The van der Waals surface area contributed by atoms with Crippen molar-refractivity contribution in [2.75, 3.05) is 11.9 Å². The number of hydrogen-bond donors (Lipinski definition) is 1. The van der Waals surface area contributed by atoms with Crippen molar-refractivity contribution in [1.82, 2.24) is 0 Å². The summed E-state index contributed by atoms with van der Waals surface area (Å²) < 4.78 is 0. The van der Waals surface area contributed by atoms with Gasteiger partial charge in [-0.1, -0.05) is 35.3 Å². The van der Waals surface area contributed by atoms with Crippen LogP contribution < -0.4 is 10.3 Å². The summed E-state index contributed by atoms with van der Waals surface area (Å²) in [7, 11) is 0. The predicted molar refractivity (Wildman–Crippen MR) is 93.9 cm³/mol. The van der Waals surface area contributed by atoms with E-state index in [1.54, 1.807) is 0 Å². The van der Waals surface area contributed by atoms with Crippen LogP contribution in [0.1, 0.15) is 11.1 Å². The molecule has 2 nitrogen and oxygen atoms in total. The van der Waals surface area contributed by atoms with Gasteiger partial charge < -0.3 is 0 Å². The SMILES string of the molecule is Cc1cc(NCCc2cccc(Cl)c2)[nH+]c2cc(Cl)ccc12. The predicted octanol–water partition coefficient (Wildman–Crippen LogP) is 4.92. The van der Waals surface area contributed by atoms with Crippen LogP contribution in [0.3, 0.4) is 0 Å². The summed E-state index contributed by atoms with van der Waals surface area (Å²) in [5, 5.41) is 6.12. The van der Waals surface area contributed by atoms with Gasteiger partial charge in [0.25, 0.3) is 5.82 Å². The lowest BCUT2D eigenvalue weighted by Gasteiger charge is -2.05. The molecule has 0 aliphatic heterocycles. The number of benzene rings is 2. The second-order valence-corrected chi connectivity index (χ2v) is 6.24.